The highest BCUT2D eigenvalue weighted by Gasteiger charge is 1.88. The normalized spacial score (nSPS) is 8.22. The SMILES string of the molecule is C.Fc1cccc(F)c1. The topological polar surface area (TPSA) is 0 Å². The van der Waals surface area contributed by atoms with Crippen LogP contribution in [0.2, 0.25) is 0 Å². The Morgan fingerprint density at radius 3 is 1.67 bits per heavy atom. The van der Waals surface area contributed by atoms with E-state index in [0.29, 0.717) is 0 Å². The minimum atomic E-state index is -0.537. The van der Waals surface area contributed by atoms with E-state index >= 15 is 0 Å². The van der Waals surface area contributed by atoms with Crippen molar-refractivity contribution < 1.29 is 8.78 Å². The van der Waals surface area contributed by atoms with Crippen molar-refractivity contribution in [3.63, 3.8) is 0 Å². The molecule has 2 heteroatoms. The summed E-state index contributed by atoms with van der Waals surface area (Å²) in [6, 6.07) is 4.55. The van der Waals surface area contributed by atoms with Crippen LogP contribution in [0.1, 0.15) is 7.43 Å². The highest BCUT2D eigenvalue weighted by molar-refractivity contribution is 5.04. The minimum Gasteiger partial charge on any atom is -0.207 e. The number of rotatable bonds is 0. The van der Waals surface area contributed by atoms with Gasteiger partial charge in [0.1, 0.15) is 11.6 Å². The van der Waals surface area contributed by atoms with Gasteiger partial charge in [0, 0.05) is 6.07 Å². The fourth-order valence-corrected chi connectivity index (χ4v) is 0.460. The standard InChI is InChI=1S/C6H4F2.CH4/c7-5-2-1-3-6(8)4-5;/h1-4H;1H4. The van der Waals surface area contributed by atoms with E-state index in [-0.39, 0.29) is 7.43 Å². The molecular weight excluding hydrogens is 122 g/mol. The molecule has 0 atom stereocenters. The summed E-state index contributed by atoms with van der Waals surface area (Å²) < 4.78 is 23.9. The largest absolute Gasteiger partial charge is 0.207 e. The first-order valence-corrected chi connectivity index (χ1v) is 2.20. The van der Waals surface area contributed by atoms with Crippen LogP contribution in [-0.2, 0) is 0 Å². The molecule has 0 nitrogen and oxygen atoms in total. The van der Waals surface area contributed by atoms with Gasteiger partial charge in [-0.25, -0.2) is 8.78 Å². The summed E-state index contributed by atoms with van der Waals surface area (Å²) >= 11 is 0. The smallest absolute Gasteiger partial charge is 0.126 e. The van der Waals surface area contributed by atoms with Crippen molar-refractivity contribution in [2.75, 3.05) is 0 Å². The van der Waals surface area contributed by atoms with Crippen LogP contribution in [0, 0.1) is 11.6 Å². The molecule has 0 fully saturated rings. The fourth-order valence-electron chi connectivity index (χ4n) is 0.460. The molecule has 0 radical (unpaired) electrons. The first-order valence-electron chi connectivity index (χ1n) is 2.20. The zero-order valence-corrected chi connectivity index (χ0v) is 4.07. The van der Waals surface area contributed by atoms with Gasteiger partial charge in [0.15, 0.2) is 0 Å². The molecule has 0 aliphatic carbocycles. The first kappa shape index (κ1) is 8.08. The van der Waals surface area contributed by atoms with Crippen LogP contribution in [0.5, 0.6) is 0 Å². The van der Waals surface area contributed by atoms with Gasteiger partial charge >= 0.3 is 0 Å². The van der Waals surface area contributed by atoms with Crippen molar-refractivity contribution in [1.29, 1.82) is 0 Å². The predicted molar refractivity (Wildman–Crippen MR) is 33.1 cm³/mol. The summed E-state index contributed by atoms with van der Waals surface area (Å²) in [5.74, 6) is -1.07. The number of halogens is 2. The van der Waals surface area contributed by atoms with E-state index in [9.17, 15) is 8.78 Å². The summed E-state index contributed by atoms with van der Waals surface area (Å²) in [6.07, 6.45) is 0. The lowest BCUT2D eigenvalue weighted by Crippen LogP contribution is -1.73. The van der Waals surface area contributed by atoms with Crippen LogP contribution >= 0.6 is 0 Å². The van der Waals surface area contributed by atoms with Crippen molar-refractivity contribution in [1.82, 2.24) is 0 Å². The molecular formula is C7H8F2. The predicted octanol–water partition coefficient (Wildman–Crippen LogP) is 2.60. The fraction of sp³-hybridized carbons (Fsp3) is 0.143. The van der Waals surface area contributed by atoms with Crippen LogP contribution in [0.4, 0.5) is 8.78 Å². The molecule has 0 saturated carbocycles. The molecule has 1 aromatic carbocycles. The third-order valence-corrected chi connectivity index (χ3v) is 0.787. The average molecular weight is 130 g/mol. The molecule has 0 saturated heterocycles. The van der Waals surface area contributed by atoms with E-state index < -0.39 is 11.6 Å². The zero-order valence-electron chi connectivity index (χ0n) is 4.07. The van der Waals surface area contributed by atoms with Crippen molar-refractivity contribution in [3.05, 3.63) is 35.9 Å². The lowest BCUT2D eigenvalue weighted by molar-refractivity contribution is 0.583. The van der Waals surface area contributed by atoms with Crippen molar-refractivity contribution in [3.8, 4) is 0 Å². The van der Waals surface area contributed by atoms with Gasteiger partial charge in [0.05, 0.1) is 0 Å². The molecule has 1 rings (SSSR count). The third kappa shape index (κ3) is 2.22. The molecule has 0 aliphatic rings. The maximum atomic E-state index is 11.9. The quantitative estimate of drug-likeness (QED) is 0.506. The Hall–Kier alpha value is -0.920. The van der Waals surface area contributed by atoms with Gasteiger partial charge in [-0.1, -0.05) is 13.5 Å². The molecule has 0 N–H and O–H groups in total. The van der Waals surface area contributed by atoms with Gasteiger partial charge in [-0.05, 0) is 12.1 Å². The molecule has 0 spiro atoms. The molecule has 0 amide bonds. The second-order valence-electron chi connectivity index (χ2n) is 1.44. The molecule has 9 heavy (non-hydrogen) atoms. The van der Waals surface area contributed by atoms with Crippen LogP contribution in [0.3, 0.4) is 0 Å². The van der Waals surface area contributed by atoms with Crippen molar-refractivity contribution in [2.24, 2.45) is 0 Å². The maximum absolute atomic E-state index is 11.9. The van der Waals surface area contributed by atoms with E-state index in [1.807, 2.05) is 0 Å². The molecule has 0 aliphatic heterocycles. The first-order chi connectivity index (χ1) is 3.79. The summed E-state index contributed by atoms with van der Waals surface area (Å²) in [5.41, 5.74) is 0. The second-order valence-corrected chi connectivity index (χ2v) is 1.44. The Kier molecular flexibility index (Phi) is 2.85. The molecule has 1 aromatic rings. The Bertz CT molecular complexity index is 167. The number of hydrogen-bond donors (Lipinski definition) is 0. The zero-order chi connectivity index (χ0) is 5.98. The minimum absolute atomic E-state index is 0. The molecule has 0 unspecified atom stereocenters. The summed E-state index contributed by atoms with van der Waals surface area (Å²) in [4.78, 5) is 0. The van der Waals surface area contributed by atoms with Crippen molar-refractivity contribution in [2.45, 2.75) is 7.43 Å². The monoisotopic (exact) mass is 130 g/mol. The number of benzene rings is 1. The Labute approximate surface area is 53.1 Å². The summed E-state index contributed by atoms with van der Waals surface area (Å²) in [5, 5.41) is 0. The van der Waals surface area contributed by atoms with Gasteiger partial charge in [-0.15, -0.1) is 0 Å². The molecule has 0 heterocycles. The third-order valence-electron chi connectivity index (χ3n) is 0.787. The lowest BCUT2D eigenvalue weighted by atomic mass is 10.3. The Morgan fingerprint density at radius 1 is 1.00 bits per heavy atom. The van der Waals surface area contributed by atoms with Gasteiger partial charge in [0.25, 0.3) is 0 Å². The Morgan fingerprint density at radius 2 is 1.44 bits per heavy atom. The van der Waals surface area contributed by atoms with Crippen molar-refractivity contribution >= 4 is 0 Å². The summed E-state index contributed by atoms with van der Waals surface area (Å²) in [6.45, 7) is 0. The second kappa shape index (κ2) is 3.17. The highest BCUT2D eigenvalue weighted by Crippen LogP contribution is 1.99. The van der Waals surface area contributed by atoms with Gasteiger partial charge in [0.2, 0.25) is 0 Å². The van der Waals surface area contributed by atoms with Crippen LogP contribution in [-0.4, -0.2) is 0 Å². The van der Waals surface area contributed by atoms with E-state index in [1.165, 1.54) is 18.2 Å². The molecule has 0 aromatic heterocycles. The average Bonchev–Trinajstić information content (AvgIpc) is 1.64. The van der Waals surface area contributed by atoms with Gasteiger partial charge < -0.3 is 0 Å². The molecule has 50 valence electrons. The lowest BCUT2D eigenvalue weighted by Gasteiger charge is -1.84. The van der Waals surface area contributed by atoms with Gasteiger partial charge in [-0.3, -0.25) is 0 Å². The van der Waals surface area contributed by atoms with Crippen LogP contribution < -0.4 is 0 Å². The van der Waals surface area contributed by atoms with E-state index in [0.717, 1.165) is 6.07 Å². The molecule has 0 bridgehead atoms. The van der Waals surface area contributed by atoms with E-state index in [1.54, 1.807) is 0 Å². The van der Waals surface area contributed by atoms with Crippen LogP contribution in [0.15, 0.2) is 24.3 Å². The van der Waals surface area contributed by atoms with Crippen LogP contribution in [0.25, 0.3) is 0 Å². The Balaban J connectivity index is 0.000000640. The van der Waals surface area contributed by atoms with Gasteiger partial charge in [-0.2, -0.15) is 0 Å². The summed E-state index contributed by atoms with van der Waals surface area (Å²) in [7, 11) is 0. The van der Waals surface area contributed by atoms with E-state index in [4.69, 9.17) is 0 Å². The number of hydrogen-bond acceptors (Lipinski definition) is 0. The van der Waals surface area contributed by atoms with E-state index in [2.05, 4.69) is 0 Å². The highest BCUT2D eigenvalue weighted by atomic mass is 19.1. The maximum Gasteiger partial charge on any atom is 0.126 e.